The van der Waals surface area contributed by atoms with Crippen molar-refractivity contribution in [3.05, 3.63) is 28.9 Å². The Hall–Kier alpha value is -1.78. The molecule has 5 nitrogen and oxygen atoms in total. The topological polar surface area (TPSA) is 62.6 Å². The average molecular weight is 207 g/mol. The Morgan fingerprint density at radius 1 is 1.60 bits per heavy atom. The number of nitrogens with zero attached hydrogens (tertiary/aromatic N) is 3. The Balaban J connectivity index is 3.05. The first-order chi connectivity index (χ1) is 7.20. The number of nitroso groups, excluding NO2 is 1. The van der Waals surface area contributed by atoms with Gasteiger partial charge in [-0.3, -0.25) is 9.78 Å². The summed E-state index contributed by atoms with van der Waals surface area (Å²) in [5, 5.41) is 3.89. The molecule has 80 valence electrons. The lowest BCUT2D eigenvalue weighted by Gasteiger charge is -2.12. The van der Waals surface area contributed by atoms with E-state index in [1.165, 1.54) is 19.4 Å². The standard InChI is InChI=1S/C10H13N3O2/c1-3-4-10(14)8-7-11-6-5-9(8)13(2)12-15/h5-7H,3-4H2,1-2H3. The maximum Gasteiger partial charge on any atom is 0.166 e. The quantitative estimate of drug-likeness (QED) is 0.421. The number of carbonyl (C=O) groups excluding carboxylic acids is 1. The van der Waals surface area contributed by atoms with Crippen LogP contribution in [0.25, 0.3) is 0 Å². The van der Waals surface area contributed by atoms with Gasteiger partial charge in [0.15, 0.2) is 5.78 Å². The van der Waals surface area contributed by atoms with Gasteiger partial charge >= 0.3 is 0 Å². The molecule has 1 heterocycles. The fraction of sp³-hybridized carbons (Fsp3) is 0.400. The number of Topliss-reactive ketones (excluding diaryl/α,β-unsaturated/α-hetero) is 1. The number of anilines is 1. The minimum absolute atomic E-state index is 0.0175. The van der Waals surface area contributed by atoms with E-state index in [2.05, 4.69) is 10.3 Å². The van der Waals surface area contributed by atoms with Gasteiger partial charge in [0, 0.05) is 25.9 Å². The van der Waals surface area contributed by atoms with Gasteiger partial charge in [0.25, 0.3) is 0 Å². The third-order valence-corrected chi connectivity index (χ3v) is 2.05. The Bertz CT molecular complexity index is 365. The van der Waals surface area contributed by atoms with Gasteiger partial charge in [-0.05, 0) is 12.5 Å². The van der Waals surface area contributed by atoms with Crippen molar-refractivity contribution in [1.29, 1.82) is 0 Å². The summed E-state index contributed by atoms with van der Waals surface area (Å²) in [6.45, 7) is 1.93. The van der Waals surface area contributed by atoms with Crippen molar-refractivity contribution < 1.29 is 4.79 Å². The van der Waals surface area contributed by atoms with Crippen molar-refractivity contribution in [1.82, 2.24) is 4.98 Å². The molecular formula is C10H13N3O2. The summed E-state index contributed by atoms with van der Waals surface area (Å²) >= 11 is 0. The van der Waals surface area contributed by atoms with E-state index in [0.29, 0.717) is 17.7 Å². The molecule has 0 aliphatic carbocycles. The lowest BCUT2D eigenvalue weighted by Crippen LogP contribution is -2.12. The molecule has 1 aromatic heterocycles. The highest BCUT2D eigenvalue weighted by molar-refractivity contribution is 6.00. The third-order valence-electron chi connectivity index (χ3n) is 2.05. The zero-order valence-corrected chi connectivity index (χ0v) is 8.80. The molecule has 0 aliphatic rings. The number of hydrogen-bond acceptors (Lipinski definition) is 4. The molecule has 0 saturated heterocycles. The summed E-state index contributed by atoms with van der Waals surface area (Å²) in [5.74, 6) is -0.0175. The van der Waals surface area contributed by atoms with E-state index in [1.54, 1.807) is 6.07 Å². The summed E-state index contributed by atoms with van der Waals surface area (Å²) in [7, 11) is 1.51. The summed E-state index contributed by atoms with van der Waals surface area (Å²) in [5.41, 5.74) is 0.944. The summed E-state index contributed by atoms with van der Waals surface area (Å²) in [6.07, 6.45) is 4.21. The van der Waals surface area contributed by atoms with Crippen molar-refractivity contribution in [3.8, 4) is 0 Å². The highest BCUT2D eigenvalue weighted by Crippen LogP contribution is 2.20. The summed E-state index contributed by atoms with van der Waals surface area (Å²) in [4.78, 5) is 25.9. The molecule has 1 aromatic rings. The zero-order chi connectivity index (χ0) is 11.3. The van der Waals surface area contributed by atoms with Crippen molar-refractivity contribution in [2.45, 2.75) is 19.8 Å². The van der Waals surface area contributed by atoms with Gasteiger partial charge in [-0.1, -0.05) is 6.92 Å². The van der Waals surface area contributed by atoms with E-state index in [0.717, 1.165) is 11.4 Å². The normalized spacial score (nSPS) is 9.73. The van der Waals surface area contributed by atoms with Crippen molar-refractivity contribution in [2.75, 3.05) is 12.1 Å². The van der Waals surface area contributed by atoms with Crippen LogP contribution in [0.2, 0.25) is 0 Å². The van der Waals surface area contributed by atoms with Crippen LogP contribution in [0.15, 0.2) is 23.7 Å². The molecule has 0 N–H and O–H groups in total. The van der Waals surface area contributed by atoms with Gasteiger partial charge in [-0.2, -0.15) is 0 Å². The van der Waals surface area contributed by atoms with Crippen LogP contribution in [0.3, 0.4) is 0 Å². The van der Waals surface area contributed by atoms with Gasteiger partial charge in [0.1, 0.15) is 0 Å². The van der Waals surface area contributed by atoms with Crippen LogP contribution in [0.5, 0.6) is 0 Å². The molecule has 1 rings (SSSR count). The molecule has 0 spiro atoms. The molecule has 0 saturated carbocycles. The van der Waals surface area contributed by atoms with Gasteiger partial charge in [0.2, 0.25) is 0 Å². The fourth-order valence-corrected chi connectivity index (χ4v) is 1.29. The van der Waals surface area contributed by atoms with Crippen LogP contribution in [-0.2, 0) is 0 Å². The zero-order valence-electron chi connectivity index (χ0n) is 8.80. The SMILES string of the molecule is CCCC(=O)c1cnccc1N(C)N=O. The summed E-state index contributed by atoms with van der Waals surface area (Å²) in [6, 6.07) is 1.60. The molecule has 5 heteroatoms. The van der Waals surface area contributed by atoms with Crippen molar-refractivity contribution in [2.24, 2.45) is 5.29 Å². The number of aromatic nitrogens is 1. The molecule has 15 heavy (non-hydrogen) atoms. The van der Waals surface area contributed by atoms with E-state index in [4.69, 9.17) is 0 Å². The fourth-order valence-electron chi connectivity index (χ4n) is 1.29. The van der Waals surface area contributed by atoms with Crippen molar-refractivity contribution >= 4 is 11.5 Å². The second-order valence-corrected chi connectivity index (χ2v) is 3.17. The van der Waals surface area contributed by atoms with Crippen LogP contribution in [0, 0.1) is 4.91 Å². The largest absolute Gasteiger partial charge is 0.294 e. The first-order valence-corrected chi connectivity index (χ1v) is 4.75. The maximum atomic E-state index is 11.7. The number of rotatable bonds is 5. The van der Waals surface area contributed by atoms with Crippen LogP contribution < -0.4 is 5.01 Å². The smallest absolute Gasteiger partial charge is 0.166 e. The van der Waals surface area contributed by atoms with Crippen LogP contribution >= 0.6 is 0 Å². The molecule has 0 fully saturated rings. The van der Waals surface area contributed by atoms with E-state index in [1.807, 2.05) is 6.92 Å². The predicted molar refractivity (Wildman–Crippen MR) is 57.7 cm³/mol. The minimum atomic E-state index is -0.0175. The predicted octanol–water partition coefficient (Wildman–Crippen LogP) is 2.18. The molecule has 0 aromatic carbocycles. The molecule has 0 aliphatic heterocycles. The molecule has 0 bridgehead atoms. The van der Waals surface area contributed by atoms with Gasteiger partial charge in [0.05, 0.1) is 16.5 Å². The molecule has 0 radical (unpaired) electrons. The lowest BCUT2D eigenvalue weighted by molar-refractivity contribution is 0.0982. The van der Waals surface area contributed by atoms with Gasteiger partial charge in [-0.15, -0.1) is 4.91 Å². The highest BCUT2D eigenvalue weighted by Gasteiger charge is 2.13. The van der Waals surface area contributed by atoms with E-state index < -0.39 is 0 Å². The van der Waals surface area contributed by atoms with Crippen LogP contribution in [0.4, 0.5) is 5.69 Å². The average Bonchev–Trinajstić information content (AvgIpc) is 2.28. The maximum absolute atomic E-state index is 11.7. The van der Waals surface area contributed by atoms with E-state index >= 15 is 0 Å². The first-order valence-electron chi connectivity index (χ1n) is 4.75. The number of hydrogen-bond donors (Lipinski definition) is 0. The Labute approximate surface area is 88.1 Å². The van der Waals surface area contributed by atoms with E-state index in [-0.39, 0.29) is 5.78 Å². The van der Waals surface area contributed by atoms with Crippen LogP contribution in [0.1, 0.15) is 30.1 Å². The Kier molecular flexibility index (Phi) is 3.91. The van der Waals surface area contributed by atoms with Gasteiger partial charge in [-0.25, -0.2) is 5.01 Å². The molecular weight excluding hydrogens is 194 g/mol. The lowest BCUT2D eigenvalue weighted by atomic mass is 10.1. The monoisotopic (exact) mass is 207 g/mol. The second kappa shape index (κ2) is 5.19. The summed E-state index contributed by atoms with van der Waals surface area (Å²) < 4.78 is 0. The molecule has 0 unspecified atom stereocenters. The molecule has 0 atom stereocenters. The highest BCUT2D eigenvalue weighted by atomic mass is 16.3. The Morgan fingerprint density at radius 2 is 2.33 bits per heavy atom. The first kappa shape index (κ1) is 11.3. The van der Waals surface area contributed by atoms with Crippen LogP contribution in [-0.4, -0.2) is 17.8 Å². The Morgan fingerprint density at radius 3 is 2.93 bits per heavy atom. The van der Waals surface area contributed by atoms with Crippen molar-refractivity contribution in [3.63, 3.8) is 0 Å². The molecule has 0 amide bonds. The minimum Gasteiger partial charge on any atom is -0.294 e. The van der Waals surface area contributed by atoms with Gasteiger partial charge < -0.3 is 0 Å². The number of pyridine rings is 1. The number of carbonyl (C=O) groups is 1. The third kappa shape index (κ3) is 2.59. The van der Waals surface area contributed by atoms with E-state index in [9.17, 15) is 9.70 Å². The number of ketones is 1. The second-order valence-electron chi connectivity index (χ2n) is 3.17.